The Morgan fingerprint density at radius 2 is 1.42 bits per heavy atom. The lowest BCUT2D eigenvalue weighted by molar-refractivity contribution is 0.0520. The first kappa shape index (κ1) is 23.0. The number of hydrogen-bond acceptors (Lipinski definition) is 5. The lowest BCUT2D eigenvalue weighted by Crippen LogP contribution is -2.15. The number of carbonyl (C=O) groups is 2. The van der Waals surface area contributed by atoms with Gasteiger partial charge in [-0.15, -0.1) is 0 Å². The third kappa shape index (κ3) is 6.42. The summed E-state index contributed by atoms with van der Waals surface area (Å²) in [6, 6.07) is 19.8. The Hall–Kier alpha value is -2.64. The number of benzene rings is 3. The van der Waals surface area contributed by atoms with Crippen molar-refractivity contribution in [1.29, 1.82) is 0 Å². The van der Waals surface area contributed by atoms with Crippen molar-refractivity contribution in [2.75, 3.05) is 13.2 Å². The highest BCUT2D eigenvalue weighted by Crippen LogP contribution is 2.28. The summed E-state index contributed by atoms with van der Waals surface area (Å²) in [5.41, 5.74) is 1.55. The van der Waals surface area contributed by atoms with E-state index in [2.05, 4.69) is 31.9 Å². The highest BCUT2D eigenvalue weighted by atomic mass is 79.9. The van der Waals surface area contributed by atoms with Gasteiger partial charge in [-0.2, -0.15) is 0 Å². The van der Waals surface area contributed by atoms with Gasteiger partial charge in [0.05, 0.1) is 13.2 Å². The molecule has 0 amide bonds. The summed E-state index contributed by atoms with van der Waals surface area (Å²) in [7, 11) is 0. The highest BCUT2D eigenvalue weighted by Gasteiger charge is 2.21. The molecule has 0 heterocycles. The molecule has 31 heavy (non-hydrogen) atoms. The fraction of sp³-hybridized carbons (Fsp3) is 0.167. The van der Waals surface area contributed by atoms with Crippen LogP contribution in [0.2, 0.25) is 0 Å². The van der Waals surface area contributed by atoms with Crippen molar-refractivity contribution in [3.8, 4) is 11.5 Å². The molecule has 3 aromatic rings. The molecule has 0 saturated heterocycles. The molecule has 0 fully saturated rings. The normalized spacial score (nSPS) is 10.4. The van der Waals surface area contributed by atoms with E-state index in [0.717, 1.165) is 5.56 Å². The number of ether oxygens (including phenoxy) is 3. The minimum atomic E-state index is -0.635. The van der Waals surface area contributed by atoms with Crippen molar-refractivity contribution in [2.45, 2.75) is 13.3 Å². The van der Waals surface area contributed by atoms with Crippen LogP contribution in [-0.2, 0) is 11.2 Å². The van der Waals surface area contributed by atoms with Crippen molar-refractivity contribution >= 4 is 43.8 Å². The molecule has 0 saturated carbocycles. The zero-order valence-corrected chi connectivity index (χ0v) is 19.9. The van der Waals surface area contributed by atoms with E-state index in [1.165, 1.54) is 0 Å². The Labute approximate surface area is 197 Å². The predicted molar refractivity (Wildman–Crippen MR) is 125 cm³/mol. The Bertz CT molecular complexity index is 1070. The van der Waals surface area contributed by atoms with Crippen LogP contribution in [-0.4, -0.2) is 25.2 Å². The van der Waals surface area contributed by atoms with Crippen LogP contribution in [0.25, 0.3) is 0 Å². The van der Waals surface area contributed by atoms with Crippen molar-refractivity contribution in [2.24, 2.45) is 0 Å². The highest BCUT2D eigenvalue weighted by molar-refractivity contribution is 9.10. The molecule has 0 atom stereocenters. The van der Waals surface area contributed by atoms with E-state index in [9.17, 15) is 9.59 Å². The molecule has 0 N–H and O–H groups in total. The molecule has 7 heteroatoms. The maximum Gasteiger partial charge on any atom is 0.347 e. The average Bonchev–Trinajstić information content (AvgIpc) is 2.76. The fourth-order valence-corrected chi connectivity index (χ4v) is 3.55. The smallest absolute Gasteiger partial charge is 0.347 e. The van der Waals surface area contributed by atoms with Gasteiger partial charge in [0.15, 0.2) is 0 Å². The Balaban J connectivity index is 1.79. The molecule has 0 spiro atoms. The number of hydrogen-bond donors (Lipinski definition) is 0. The van der Waals surface area contributed by atoms with Gasteiger partial charge in [0, 0.05) is 15.4 Å². The van der Waals surface area contributed by atoms with Crippen molar-refractivity contribution < 1.29 is 23.8 Å². The molecule has 0 aromatic heterocycles. The summed E-state index contributed by atoms with van der Waals surface area (Å²) in [6.45, 7) is 2.32. The summed E-state index contributed by atoms with van der Waals surface area (Å²) in [5, 5.41) is 0. The zero-order chi connectivity index (χ0) is 22.2. The van der Waals surface area contributed by atoms with Crippen LogP contribution in [0.15, 0.2) is 75.7 Å². The van der Waals surface area contributed by atoms with E-state index in [-0.39, 0.29) is 23.5 Å². The molecule has 0 aliphatic carbocycles. The molecular weight excluding hydrogens is 528 g/mol. The van der Waals surface area contributed by atoms with Crippen LogP contribution < -0.4 is 9.47 Å². The van der Waals surface area contributed by atoms with Crippen LogP contribution >= 0.6 is 31.9 Å². The monoisotopic (exact) mass is 546 g/mol. The number of halogens is 2. The third-order valence-electron chi connectivity index (χ3n) is 4.29. The third-order valence-corrected chi connectivity index (χ3v) is 5.28. The fourth-order valence-electron chi connectivity index (χ4n) is 2.83. The van der Waals surface area contributed by atoms with Gasteiger partial charge >= 0.3 is 11.9 Å². The van der Waals surface area contributed by atoms with Crippen LogP contribution in [0.5, 0.6) is 11.5 Å². The van der Waals surface area contributed by atoms with E-state index in [0.29, 0.717) is 27.7 Å². The van der Waals surface area contributed by atoms with Gasteiger partial charge in [0.1, 0.15) is 22.6 Å². The van der Waals surface area contributed by atoms with E-state index >= 15 is 0 Å². The van der Waals surface area contributed by atoms with Crippen molar-refractivity contribution in [1.82, 2.24) is 0 Å². The van der Waals surface area contributed by atoms with Crippen molar-refractivity contribution in [3.05, 3.63) is 92.4 Å². The molecule has 0 aliphatic heterocycles. The average molecular weight is 548 g/mol. The topological polar surface area (TPSA) is 61.8 Å². The molecule has 0 unspecified atom stereocenters. The molecule has 160 valence electrons. The number of esters is 2. The standard InChI is InChI=1S/C24H20Br2O5/c1-2-29-23(27)20-15-18(26)9-11-22(20)31-24(28)19-14-17(25)8-10-21(19)30-13-12-16-6-4-3-5-7-16/h3-11,14-15H,2,12-13H2,1H3. The van der Waals surface area contributed by atoms with Gasteiger partial charge in [-0.3, -0.25) is 0 Å². The first-order valence-corrected chi connectivity index (χ1v) is 11.2. The van der Waals surface area contributed by atoms with Gasteiger partial charge in [-0.25, -0.2) is 9.59 Å². The van der Waals surface area contributed by atoms with E-state index in [4.69, 9.17) is 14.2 Å². The quantitative estimate of drug-likeness (QED) is 0.247. The second-order valence-electron chi connectivity index (χ2n) is 6.48. The zero-order valence-electron chi connectivity index (χ0n) is 16.8. The van der Waals surface area contributed by atoms with Gasteiger partial charge in [-0.1, -0.05) is 62.2 Å². The van der Waals surface area contributed by atoms with Gasteiger partial charge in [0.2, 0.25) is 0 Å². The van der Waals surface area contributed by atoms with Crippen LogP contribution in [0.4, 0.5) is 0 Å². The first-order valence-electron chi connectivity index (χ1n) is 9.63. The van der Waals surface area contributed by atoms with E-state index < -0.39 is 11.9 Å². The SMILES string of the molecule is CCOC(=O)c1cc(Br)ccc1OC(=O)c1cc(Br)ccc1OCCc1ccccc1. The molecule has 3 aromatic carbocycles. The van der Waals surface area contributed by atoms with Crippen LogP contribution in [0.3, 0.4) is 0 Å². The summed E-state index contributed by atoms with van der Waals surface area (Å²) >= 11 is 6.70. The van der Waals surface area contributed by atoms with E-state index in [1.807, 2.05) is 30.3 Å². The summed E-state index contributed by atoms with van der Waals surface area (Å²) in [6.07, 6.45) is 0.700. The lowest BCUT2D eigenvalue weighted by Gasteiger charge is -2.13. The van der Waals surface area contributed by atoms with Gasteiger partial charge in [0.25, 0.3) is 0 Å². The van der Waals surface area contributed by atoms with Gasteiger partial charge in [-0.05, 0) is 48.9 Å². The first-order chi connectivity index (χ1) is 15.0. The summed E-state index contributed by atoms with van der Waals surface area (Å²) in [4.78, 5) is 25.2. The summed E-state index contributed by atoms with van der Waals surface area (Å²) < 4.78 is 17.9. The van der Waals surface area contributed by atoms with Crippen LogP contribution in [0, 0.1) is 0 Å². The minimum Gasteiger partial charge on any atom is -0.492 e. The number of rotatable bonds is 8. The Morgan fingerprint density at radius 1 is 0.806 bits per heavy atom. The maximum atomic E-state index is 13.0. The minimum absolute atomic E-state index is 0.113. The molecule has 0 bridgehead atoms. The predicted octanol–water partition coefficient (Wildman–Crippen LogP) is 6.23. The second kappa shape index (κ2) is 11.1. The maximum absolute atomic E-state index is 13.0. The molecule has 5 nitrogen and oxygen atoms in total. The molecule has 0 radical (unpaired) electrons. The lowest BCUT2D eigenvalue weighted by atomic mass is 10.1. The molecular formula is C24H20Br2O5. The Morgan fingerprint density at radius 3 is 2.06 bits per heavy atom. The summed E-state index contributed by atoms with van der Waals surface area (Å²) in [5.74, 6) is -0.690. The van der Waals surface area contributed by atoms with Crippen molar-refractivity contribution in [3.63, 3.8) is 0 Å². The van der Waals surface area contributed by atoms with E-state index in [1.54, 1.807) is 43.3 Å². The Kier molecular flexibility index (Phi) is 8.26. The molecule has 3 rings (SSSR count). The second-order valence-corrected chi connectivity index (χ2v) is 8.31. The van der Waals surface area contributed by atoms with Gasteiger partial charge < -0.3 is 14.2 Å². The van der Waals surface area contributed by atoms with Crippen LogP contribution in [0.1, 0.15) is 33.2 Å². The number of carbonyl (C=O) groups excluding carboxylic acids is 2. The molecule has 0 aliphatic rings. The largest absolute Gasteiger partial charge is 0.492 e.